The molecule has 0 aliphatic heterocycles. The van der Waals surface area contributed by atoms with Crippen LogP contribution in [-0.4, -0.2) is 12.1 Å². The molecule has 1 atom stereocenters. The average Bonchev–Trinajstić information content (AvgIpc) is 2.46. The first-order valence-corrected chi connectivity index (χ1v) is 6.03. The van der Waals surface area contributed by atoms with Gasteiger partial charge in [-0.3, -0.25) is 4.98 Å². The first-order chi connectivity index (χ1) is 8.79. The van der Waals surface area contributed by atoms with E-state index in [9.17, 15) is 0 Å². The highest BCUT2D eigenvalue weighted by molar-refractivity contribution is 5.50. The molecule has 1 aromatic heterocycles. The smallest absolute Gasteiger partial charge is 0.122 e. The second-order valence-corrected chi connectivity index (χ2v) is 4.18. The van der Waals surface area contributed by atoms with E-state index in [0.717, 1.165) is 11.4 Å². The van der Waals surface area contributed by atoms with Crippen LogP contribution in [-0.2, 0) is 0 Å². The largest absolute Gasteiger partial charge is 0.497 e. The molecule has 1 aromatic carbocycles. The number of ether oxygens (including phenoxy) is 1. The molecule has 0 radical (unpaired) electrons. The minimum Gasteiger partial charge on any atom is -0.497 e. The van der Waals surface area contributed by atoms with Crippen molar-refractivity contribution in [2.24, 2.45) is 0 Å². The van der Waals surface area contributed by atoms with Gasteiger partial charge in [-0.25, -0.2) is 0 Å². The Morgan fingerprint density at radius 2 is 1.94 bits per heavy atom. The lowest BCUT2D eigenvalue weighted by Gasteiger charge is -2.07. The summed E-state index contributed by atoms with van der Waals surface area (Å²) in [5.41, 5.74) is 2.22. The highest BCUT2D eigenvalue weighted by Crippen LogP contribution is 2.19. The molecule has 0 bridgehead atoms. The van der Waals surface area contributed by atoms with Crippen LogP contribution >= 0.6 is 0 Å². The van der Waals surface area contributed by atoms with Crippen LogP contribution in [0.1, 0.15) is 24.1 Å². The van der Waals surface area contributed by atoms with Crippen molar-refractivity contribution < 1.29 is 4.74 Å². The Hall–Kier alpha value is -2.09. The van der Waals surface area contributed by atoms with Crippen molar-refractivity contribution in [3.63, 3.8) is 0 Å². The van der Waals surface area contributed by atoms with E-state index in [0.29, 0.717) is 0 Å². The number of rotatable bonds is 4. The summed E-state index contributed by atoms with van der Waals surface area (Å²) in [6.45, 7) is 2.13. The Labute approximate surface area is 108 Å². The van der Waals surface area contributed by atoms with E-state index >= 15 is 0 Å². The third kappa shape index (κ3) is 3.20. The molecule has 0 saturated carbocycles. The summed E-state index contributed by atoms with van der Waals surface area (Å²) in [6, 6.07) is 14.1. The zero-order chi connectivity index (χ0) is 12.8. The summed E-state index contributed by atoms with van der Waals surface area (Å²) in [6.07, 6.45) is 6.05. The molecule has 1 heterocycles. The summed E-state index contributed by atoms with van der Waals surface area (Å²) >= 11 is 0. The van der Waals surface area contributed by atoms with Gasteiger partial charge < -0.3 is 4.74 Å². The first kappa shape index (κ1) is 12.4. The van der Waals surface area contributed by atoms with Gasteiger partial charge in [-0.15, -0.1) is 0 Å². The van der Waals surface area contributed by atoms with Gasteiger partial charge in [0.05, 0.1) is 12.8 Å². The SMILES string of the molecule is COc1ccnc(C(C)C=Cc2ccccc2)c1. The van der Waals surface area contributed by atoms with E-state index in [1.807, 2.05) is 30.3 Å². The van der Waals surface area contributed by atoms with Crippen molar-refractivity contribution >= 4 is 6.08 Å². The highest BCUT2D eigenvalue weighted by Gasteiger charge is 2.04. The molecule has 0 aliphatic rings. The molecule has 0 aliphatic carbocycles. The van der Waals surface area contributed by atoms with Crippen molar-refractivity contribution in [1.82, 2.24) is 4.98 Å². The van der Waals surface area contributed by atoms with E-state index < -0.39 is 0 Å². The fraction of sp³-hybridized carbons (Fsp3) is 0.188. The number of benzene rings is 1. The maximum Gasteiger partial charge on any atom is 0.122 e. The molecule has 0 saturated heterocycles. The molecule has 2 nitrogen and oxygen atoms in total. The van der Waals surface area contributed by atoms with E-state index in [-0.39, 0.29) is 5.92 Å². The van der Waals surface area contributed by atoms with E-state index in [1.54, 1.807) is 13.3 Å². The molecule has 0 fully saturated rings. The number of hydrogen-bond acceptors (Lipinski definition) is 2. The van der Waals surface area contributed by atoms with Gasteiger partial charge in [-0.2, -0.15) is 0 Å². The Balaban J connectivity index is 2.11. The van der Waals surface area contributed by atoms with Gasteiger partial charge in [0.15, 0.2) is 0 Å². The molecule has 92 valence electrons. The number of pyridine rings is 1. The van der Waals surface area contributed by atoms with Crippen molar-refractivity contribution in [3.8, 4) is 5.75 Å². The normalized spacial score (nSPS) is 12.6. The minimum atomic E-state index is 0.264. The zero-order valence-electron chi connectivity index (χ0n) is 10.7. The monoisotopic (exact) mass is 239 g/mol. The maximum atomic E-state index is 5.20. The second kappa shape index (κ2) is 6.01. The summed E-state index contributed by atoms with van der Waals surface area (Å²) in [4.78, 5) is 4.37. The van der Waals surface area contributed by atoms with E-state index in [4.69, 9.17) is 4.74 Å². The predicted octanol–water partition coefficient (Wildman–Crippen LogP) is 3.91. The minimum absolute atomic E-state index is 0.264. The third-order valence-electron chi connectivity index (χ3n) is 2.83. The third-order valence-corrected chi connectivity index (χ3v) is 2.83. The summed E-state index contributed by atoms with van der Waals surface area (Å²) in [7, 11) is 1.67. The average molecular weight is 239 g/mol. The second-order valence-electron chi connectivity index (χ2n) is 4.18. The van der Waals surface area contributed by atoms with Gasteiger partial charge in [0.2, 0.25) is 0 Å². The lowest BCUT2D eigenvalue weighted by molar-refractivity contribution is 0.413. The Morgan fingerprint density at radius 1 is 1.17 bits per heavy atom. The fourth-order valence-corrected chi connectivity index (χ4v) is 1.72. The first-order valence-electron chi connectivity index (χ1n) is 6.03. The lowest BCUT2D eigenvalue weighted by atomic mass is 10.0. The molecule has 0 spiro atoms. The highest BCUT2D eigenvalue weighted by atomic mass is 16.5. The number of nitrogens with zero attached hydrogens (tertiary/aromatic N) is 1. The van der Waals surface area contributed by atoms with Crippen LogP contribution in [0.2, 0.25) is 0 Å². The number of aromatic nitrogens is 1. The topological polar surface area (TPSA) is 22.1 Å². The molecule has 2 rings (SSSR count). The van der Waals surface area contributed by atoms with Crippen molar-refractivity contribution in [3.05, 3.63) is 66.0 Å². The molecule has 0 amide bonds. The van der Waals surface area contributed by atoms with Crippen molar-refractivity contribution in [2.45, 2.75) is 12.8 Å². The maximum absolute atomic E-state index is 5.20. The fourth-order valence-electron chi connectivity index (χ4n) is 1.72. The standard InChI is InChI=1S/C16H17NO/c1-13(8-9-14-6-4-3-5-7-14)16-12-15(18-2)10-11-17-16/h3-13H,1-2H3. The number of hydrogen-bond donors (Lipinski definition) is 0. The van der Waals surface area contributed by atoms with Crippen LogP contribution in [0.3, 0.4) is 0 Å². The van der Waals surface area contributed by atoms with E-state index in [1.165, 1.54) is 5.56 Å². The van der Waals surface area contributed by atoms with Gasteiger partial charge in [0.1, 0.15) is 5.75 Å². The van der Waals surface area contributed by atoms with Crippen molar-refractivity contribution in [2.75, 3.05) is 7.11 Å². The van der Waals surface area contributed by atoms with Gasteiger partial charge in [0.25, 0.3) is 0 Å². The van der Waals surface area contributed by atoms with Crippen molar-refractivity contribution in [1.29, 1.82) is 0 Å². The van der Waals surface area contributed by atoms with Crippen LogP contribution in [0, 0.1) is 0 Å². The Bertz CT molecular complexity index is 520. The summed E-state index contributed by atoms with van der Waals surface area (Å²) < 4.78 is 5.20. The van der Waals surface area contributed by atoms with Gasteiger partial charge >= 0.3 is 0 Å². The molecule has 1 unspecified atom stereocenters. The molecule has 2 aromatic rings. The van der Waals surface area contributed by atoms with E-state index in [2.05, 4.69) is 36.2 Å². The lowest BCUT2D eigenvalue weighted by Crippen LogP contribution is -1.94. The summed E-state index contributed by atoms with van der Waals surface area (Å²) in [5, 5.41) is 0. The van der Waals surface area contributed by atoms with Crippen LogP contribution < -0.4 is 4.74 Å². The zero-order valence-corrected chi connectivity index (χ0v) is 10.7. The van der Waals surface area contributed by atoms with Crippen LogP contribution in [0.5, 0.6) is 5.75 Å². The molecule has 2 heteroatoms. The van der Waals surface area contributed by atoms with Crippen LogP contribution in [0.15, 0.2) is 54.7 Å². The Morgan fingerprint density at radius 3 is 2.67 bits per heavy atom. The van der Waals surface area contributed by atoms with Gasteiger partial charge in [0, 0.05) is 18.2 Å². The molecular formula is C16H17NO. The molecular weight excluding hydrogens is 222 g/mol. The summed E-state index contributed by atoms with van der Waals surface area (Å²) in [5.74, 6) is 1.11. The van der Waals surface area contributed by atoms with Gasteiger partial charge in [-0.05, 0) is 11.6 Å². The van der Waals surface area contributed by atoms with Gasteiger partial charge in [-0.1, -0.05) is 49.4 Å². The molecule has 18 heavy (non-hydrogen) atoms. The Kier molecular flexibility index (Phi) is 4.13. The molecule has 0 N–H and O–H groups in total. The number of allylic oxidation sites excluding steroid dienone is 1. The van der Waals surface area contributed by atoms with Crippen LogP contribution in [0.4, 0.5) is 0 Å². The predicted molar refractivity (Wildman–Crippen MR) is 74.7 cm³/mol. The van der Waals surface area contributed by atoms with Crippen LogP contribution in [0.25, 0.3) is 6.08 Å². The quantitative estimate of drug-likeness (QED) is 0.807. The number of methoxy groups -OCH3 is 1.